The number of carboxylic acid groups (broad SMARTS) is 1. The van der Waals surface area contributed by atoms with Gasteiger partial charge in [-0.2, -0.15) is 0 Å². The highest BCUT2D eigenvalue weighted by Crippen LogP contribution is 2.52. The van der Waals surface area contributed by atoms with Crippen molar-refractivity contribution in [3.05, 3.63) is 108 Å². The first kappa shape index (κ1) is 30.8. The van der Waals surface area contributed by atoms with Gasteiger partial charge in [0.15, 0.2) is 5.65 Å². The van der Waals surface area contributed by atoms with Gasteiger partial charge in [-0.15, -0.1) is 0 Å². The summed E-state index contributed by atoms with van der Waals surface area (Å²) in [6, 6.07) is 32.2. The average molecular weight is 628 g/mol. The molecule has 2 aliphatic rings. The number of rotatable bonds is 10. The number of hydrogen-bond acceptors (Lipinski definition) is 7. The van der Waals surface area contributed by atoms with Crippen LogP contribution in [-0.2, 0) is 12.1 Å². The minimum absolute atomic E-state index is 0.355. The van der Waals surface area contributed by atoms with Crippen molar-refractivity contribution in [3.63, 3.8) is 0 Å². The maximum atomic E-state index is 12.5. The number of benzene rings is 3. The van der Waals surface area contributed by atoms with E-state index in [2.05, 4.69) is 71.3 Å². The fraction of sp³-hybridized carbons (Fsp3) is 0.316. The molecule has 0 radical (unpaired) electrons. The molecule has 5 aromatic rings. The smallest absolute Gasteiger partial charge is 0.408 e. The van der Waals surface area contributed by atoms with Crippen molar-refractivity contribution in [2.75, 3.05) is 58.3 Å². The van der Waals surface area contributed by atoms with Gasteiger partial charge >= 0.3 is 6.09 Å². The van der Waals surface area contributed by atoms with E-state index in [0.717, 1.165) is 97.1 Å². The van der Waals surface area contributed by atoms with Crippen molar-refractivity contribution in [2.45, 2.75) is 24.9 Å². The molecule has 0 atom stereocenters. The van der Waals surface area contributed by atoms with E-state index in [1.807, 2.05) is 54.6 Å². The minimum Gasteiger partial charge on any atom is -0.465 e. The summed E-state index contributed by atoms with van der Waals surface area (Å²) in [6.07, 6.45) is 0.700. The highest BCUT2D eigenvalue weighted by molar-refractivity contribution is 5.85. The molecule has 3 heterocycles. The number of amides is 1. The van der Waals surface area contributed by atoms with Crippen LogP contribution in [0.15, 0.2) is 97.1 Å². The molecule has 2 fully saturated rings. The van der Waals surface area contributed by atoms with Gasteiger partial charge in [-0.1, -0.05) is 84.9 Å². The van der Waals surface area contributed by atoms with Crippen LogP contribution in [0, 0.1) is 0 Å². The zero-order valence-corrected chi connectivity index (χ0v) is 27.1. The third kappa shape index (κ3) is 6.54. The molecule has 9 nitrogen and oxygen atoms in total. The van der Waals surface area contributed by atoms with Gasteiger partial charge in [-0.25, -0.2) is 19.7 Å². The molecule has 0 unspecified atom stereocenters. The predicted octanol–water partition coefficient (Wildman–Crippen LogP) is 6.21. The van der Waals surface area contributed by atoms with Gasteiger partial charge in [0.1, 0.15) is 11.3 Å². The second-order valence-electron chi connectivity index (χ2n) is 12.9. The zero-order valence-electron chi connectivity index (χ0n) is 27.1. The van der Waals surface area contributed by atoms with Crippen LogP contribution >= 0.6 is 0 Å². The molecule has 1 saturated heterocycles. The van der Waals surface area contributed by atoms with E-state index in [4.69, 9.17) is 15.0 Å². The Labute approximate surface area is 276 Å². The van der Waals surface area contributed by atoms with Crippen LogP contribution in [0.25, 0.3) is 33.7 Å². The molecular weight excluding hydrogens is 586 g/mol. The predicted molar refractivity (Wildman–Crippen MR) is 186 cm³/mol. The second-order valence-corrected chi connectivity index (χ2v) is 12.9. The highest BCUT2D eigenvalue weighted by Gasteiger charge is 2.51. The molecule has 1 amide bonds. The van der Waals surface area contributed by atoms with E-state index in [1.54, 1.807) is 4.90 Å². The standard InChI is InChI=1S/C38H41N7O2/c1-42(2)21-22-43-23-25-44(26-24-43)33-18-17-32-36(40-33)41-35(29-11-7-4-8-12-29)34(39-32)30-13-15-31(16-14-30)38(19-20-38)45(37(46)47)27-28-9-5-3-6-10-28/h3-18H,19-27H2,1-2H3,(H,46,47). The highest BCUT2D eigenvalue weighted by atomic mass is 16.4. The Bertz CT molecular complexity index is 1840. The molecule has 0 spiro atoms. The average Bonchev–Trinajstić information content (AvgIpc) is 3.92. The van der Waals surface area contributed by atoms with E-state index in [1.165, 1.54) is 0 Å². The van der Waals surface area contributed by atoms with Gasteiger partial charge in [0.25, 0.3) is 0 Å². The van der Waals surface area contributed by atoms with Crippen molar-refractivity contribution in [1.82, 2.24) is 29.7 Å². The second kappa shape index (κ2) is 13.1. The molecule has 9 heteroatoms. The summed E-state index contributed by atoms with van der Waals surface area (Å²) in [7, 11) is 4.24. The summed E-state index contributed by atoms with van der Waals surface area (Å²) < 4.78 is 0. The third-order valence-electron chi connectivity index (χ3n) is 9.47. The van der Waals surface area contributed by atoms with Crippen LogP contribution in [0.2, 0.25) is 0 Å². The van der Waals surface area contributed by atoms with Crippen molar-refractivity contribution in [2.24, 2.45) is 0 Å². The van der Waals surface area contributed by atoms with Crippen molar-refractivity contribution < 1.29 is 9.90 Å². The molecule has 47 heavy (non-hydrogen) atoms. The lowest BCUT2D eigenvalue weighted by Crippen LogP contribution is -2.48. The van der Waals surface area contributed by atoms with Gasteiger partial charge < -0.3 is 14.9 Å². The molecule has 1 N–H and O–H groups in total. The lowest BCUT2D eigenvalue weighted by atomic mass is 9.98. The van der Waals surface area contributed by atoms with Crippen LogP contribution < -0.4 is 4.90 Å². The van der Waals surface area contributed by atoms with Gasteiger partial charge in [0.05, 0.1) is 16.9 Å². The number of fused-ring (bicyclic) bond motifs is 1. The van der Waals surface area contributed by atoms with Crippen LogP contribution in [-0.4, -0.2) is 94.2 Å². The molecule has 240 valence electrons. The summed E-state index contributed by atoms with van der Waals surface area (Å²) in [5.41, 5.74) is 6.31. The number of anilines is 1. The largest absolute Gasteiger partial charge is 0.465 e. The number of pyridine rings is 1. The molecule has 3 aromatic carbocycles. The Hall–Kier alpha value is -4.86. The van der Waals surface area contributed by atoms with E-state index < -0.39 is 11.6 Å². The first-order valence-corrected chi connectivity index (χ1v) is 16.4. The van der Waals surface area contributed by atoms with E-state index in [0.29, 0.717) is 12.2 Å². The molecule has 1 saturated carbocycles. The maximum absolute atomic E-state index is 12.5. The van der Waals surface area contributed by atoms with E-state index in [-0.39, 0.29) is 0 Å². The lowest BCUT2D eigenvalue weighted by Gasteiger charge is -2.35. The lowest BCUT2D eigenvalue weighted by molar-refractivity contribution is 0.112. The van der Waals surface area contributed by atoms with Gasteiger partial charge in [-0.3, -0.25) is 9.80 Å². The first-order valence-electron chi connectivity index (χ1n) is 16.4. The Balaban J connectivity index is 1.18. The molecule has 1 aliphatic carbocycles. The number of hydrogen-bond donors (Lipinski definition) is 1. The molecule has 2 aromatic heterocycles. The fourth-order valence-electron chi connectivity index (χ4n) is 6.59. The third-order valence-corrected chi connectivity index (χ3v) is 9.47. The molecular formula is C38H41N7O2. The van der Waals surface area contributed by atoms with Crippen LogP contribution in [0.5, 0.6) is 0 Å². The topological polar surface area (TPSA) is 88.9 Å². The minimum atomic E-state index is -0.903. The molecule has 1 aliphatic heterocycles. The van der Waals surface area contributed by atoms with Gasteiger partial charge in [-0.05, 0) is 50.2 Å². The summed E-state index contributed by atoms with van der Waals surface area (Å²) in [5.74, 6) is 0.934. The number of likely N-dealkylation sites (N-methyl/N-ethyl adjacent to an activating group) is 1. The monoisotopic (exact) mass is 627 g/mol. The Morgan fingerprint density at radius 3 is 2.04 bits per heavy atom. The molecule has 7 rings (SSSR count). The number of nitrogens with zero attached hydrogens (tertiary/aromatic N) is 7. The van der Waals surface area contributed by atoms with Crippen LogP contribution in [0.4, 0.5) is 10.6 Å². The summed E-state index contributed by atoms with van der Waals surface area (Å²) in [4.78, 5) is 36.4. The van der Waals surface area contributed by atoms with Crippen molar-refractivity contribution in [1.29, 1.82) is 0 Å². The first-order chi connectivity index (χ1) is 22.9. The summed E-state index contributed by atoms with van der Waals surface area (Å²) in [5, 5.41) is 10.2. The zero-order chi connectivity index (χ0) is 32.4. The normalized spacial score (nSPS) is 16.0. The Morgan fingerprint density at radius 2 is 1.40 bits per heavy atom. The summed E-state index contributed by atoms with van der Waals surface area (Å²) >= 11 is 0. The quantitative estimate of drug-likeness (QED) is 0.196. The van der Waals surface area contributed by atoms with Crippen molar-refractivity contribution >= 4 is 23.1 Å². The van der Waals surface area contributed by atoms with Crippen LogP contribution in [0.1, 0.15) is 24.0 Å². The maximum Gasteiger partial charge on any atom is 0.408 e. The Kier molecular flexibility index (Phi) is 8.58. The van der Waals surface area contributed by atoms with Crippen LogP contribution in [0.3, 0.4) is 0 Å². The van der Waals surface area contributed by atoms with Gasteiger partial charge in [0.2, 0.25) is 0 Å². The van der Waals surface area contributed by atoms with E-state index >= 15 is 0 Å². The van der Waals surface area contributed by atoms with E-state index in [9.17, 15) is 9.90 Å². The SMILES string of the molecule is CN(C)CCN1CCN(c2ccc3nc(-c4ccc(C5(N(Cc6ccccc6)C(=O)O)CC5)cc4)c(-c4ccccc4)nc3n2)CC1. The Morgan fingerprint density at radius 1 is 0.766 bits per heavy atom. The van der Waals surface area contributed by atoms with Crippen molar-refractivity contribution in [3.8, 4) is 22.5 Å². The summed E-state index contributed by atoms with van der Waals surface area (Å²) in [6.45, 7) is 6.39. The number of aromatic nitrogens is 3. The molecule has 0 bridgehead atoms. The van der Waals surface area contributed by atoms with Gasteiger partial charge in [0, 0.05) is 56.9 Å². The fourth-order valence-corrected chi connectivity index (χ4v) is 6.59. The number of carbonyl (C=O) groups is 1. The number of piperazine rings is 1.